The van der Waals surface area contributed by atoms with E-state index in [-0.39, 0.29) is 24.2 Å². The van der Waals surface area contributed by atoms with Crippen molar-refractivity contribution in [1.29, 1.82) is 0 Å². The Morgan fingerprint density at radius 3 is 2.86 bits per heavy atom. The maximum absolute atomic E-state index is 10.7. The molecule has 1 saturated heterocycles. The van der Waals surface area contributed by atoms with Gasteiger partial charge in [0.15, 0.2) is 0 Å². The molecule has 6 heteroatoms. The van der Waals surface area contributed by atoms with Gasteiger partial charge < -0.3 is 18.6 Å². The van der Waals surface area contributed by atoms with Crippen molar-refractivity contribution in [2.24, 2.45) is 5.92 Å². The molecule has 0 amide bonds. The molecule has 2 unspecified atom stereocenters. The molecule has 4 nitrogen and oxygen atoms in total. The molecular formula is C15H28O4P2. The maximum atomic E-state index is 10.7. The van der Waals surface area contributed by atoms with Gasteiger partial charge in [0.2, 0.25) is 0 Å². The van der Waals surface area contributed by atoms with Gasteiger partial charge in [-0.3, -0.25) is 0 Å². The van der Waals surface area contributed by atoms with Crippen LogP contribution in [0.5, 0.6) is 0 Å². The van der Waals surface area contributed by atoms with Crippen molar-refractivity contribution < 1.29 is 18.6 Å². The molecule has 6 atom stereocenters. The van der Waals surface area contributed by atoms with Crippen molar-refractivity contribution in [2.75, 3.05) is 6.61 Å². The third kappa shape index (κ3) is 7.30. The molecule has 0 radical (unpaired) electrons. The number of hydrogen-bond acceptors (Lipinski definition) is 4. The first-order valence-electron chi connectivity index (χ1n) is 7.56. The van der Waals surface area contributed by atoms with Gasteiger partial charge in [0.1, 0.15) is 6.29 Å². The number of hydrogen-bond donors (Lipinski definition) is 0. The zero-order chi connectivity index (χ0) is 15.7. The predicted molar refractivity (Wildman–Crippen MR) is 91.0 cm³/mol. The number of rotatable bonds is 11. The molecule has 1 rings (SSSR count). The molecule has 0 spiro atoms. The average molecular weight is 334 g/mol. The highest BCUT2D eigenvalue weighted by Crippen LogP contribution is 2.31. The second-order valence-corrected chi connectivity index (χ2v) is 6.41. The van der Waals surface area contributed by atoms with Gasteiger partial charge in [-0.05, 0) is 44.1 Å². The minimum atomic E-state index is 0.0305. The zero-order valence-corrected chi connectivity index (χ0v) is 15.1. The Balaban J connectivity index is 2.30. The van der Waals surface area contributed by atoms with Crippen LogP contribution in [0.2, 0.25) is 0 Å². The van der Waals surface area contributed by atoms with E-state index in [0.717, 1.165) is 51.4 Å². The summed E-state index contributed by atoms with van der Waals surface area (Å²) in [4.78, 5) is 10.7. The van der Waals surface area contributed by atoms with Crippen LogP contribution in [-0.4, -0.2) is 31.2 Å². The number of carbonyl (C=O) groups excluding carboxylic acids is 1. The Bertz CT molecular complexity index is 325. The quantitative estimate of drug-likeness (QED) is 0.251. The van der Waals surface area contributed by atoms with Crippen molar-refractivity contribution in [2.45, 2.75) is 63.8 Å². The van der Waals surface area contributed by atoms with Crippen LogP contribution in [0.1, 0.15) is 45.4 Å². The molecule has 1 fully saturated rings. The highest BCUT2D eigenvalue weighted by Gasteiger charge is 2.28. The van der Waals surface area contributed by atoms with Gasteiger partial charge in [-0.15, -0.1) is 0 Å². The monoisotopic (exact) mass is 334 g/mol. The normalized spacial score (nSPS) is 25.0. The van der Waals surface area contributed by atoms with Gasteiger partial charge in [-0.2, -0.15) is 0 Å². The molecule has 0 aliphatic carbocycles. The summed E-state index contributed by atoms with van der Waals surface area (Å²) < 4.78 is 16.4. The summed E-state index contributed by atoms with van der Waals surface area (Å²) >= 11 is 0. The Hall–Kier alpha value is 0.150. The largest absolute Gasteiger partial charge is 0.370 e. The molecular weight excluding hydrogens is 306 g/mol. The maximum Gasteiger partial charge on any atom is 0.122 e. The van der Waals surface area contributed by atoms with Crippen LogP contribution in [0, 0.1) is 5.92 Å². The van der Waals surface area contributed by atoms with E-state index < -0.39 is 0 Å². The Morgan fingerprint density at radius 2 is 2.24 bits per heavy atom. The van der Waals surface area contributed by atoms with E-state index in [1.54, 1.807) is 0 Å². The molecule has 122 valence electrons. The third-order valence-electron chi connectivity index (χ3n) is 3.90. The summed E-state index contributed by atoms with van der Waals surface area (Å²) in [7, 11) is 4.58. The molecule has 21 heavy (non-hydrogen) atoms. The predicted octanol–water partition coefficient (Wildman–Crippen LogP) is 3.47. The van der Waals surface area contributed by atoms with Crippen LogP contribution >= 0.6 is 18.9 Å². The average Bonchev–Trinajstić information content (AvgIpc) is 2.83. The fourth-order valence-electron chi connectivity index (χ4n) is 2.69. The van der Waals surface area contributed by atoms with E-state index in [2.05, 4.69) is 25.5 Å². The van der Waals surface area contributed by atoms with Crippen LogP contribution in [0.15, 0.2) is 12.2 Å². The van der Waals surface area contributed by atoms with Crippen LogP contribution in [0.25, 0.3) is 0 Å². The van der Waals surface area contributed by atoms with Crippen LogP contribution in [-0.2, 0) is 18.6 Å². The Kier molecular flexibility index (Phi) is 9.88. The van der Waals surface area contributed by atoms with E-state index in [9.17, 15) is 4.79 Å². The zero-order valence-electron chi connectivity index (χ0n) is 12.8. The Morgan fingerprint density at radius 1 is 1.48 bits per heavy atom. The van der Waals surface area contributed by atoms with E-state index in [1.807, 2.05) is 6.92 Å². The third-order valence-corrected chi connectivity index (χ3v) is 4.52. The fourth-order valence-corrected chi connectivity index (χ4v) is 3.10. The topological polar surface area (TPSA) is 44.8 Å². The lowest BCUT2D eigenvalue weighted by Crippen LogP contribution is -2.18. The van der Waals surface area contributed by atoms with Gasteiger partial charge >= 0.3 is 0 Å². The molecule has 1 aliphatic heterocycles. The van der Waals surface area contributed by atoms with E-state index in [4.69, 9.17) is 13.8 Å². The van der Waals surface area contributed by atoms with Gasteiger partial charge in [0.05, 0.1) is 24.9 Å². The molecule has 0 saturated carbocycles. The first-order chi connectivity index (χ1) is 10.1. The number of ether oxygens (including phenoxy) is 1. The first kappa shape index (κ1) is 19.2. The Labute approximate surface area is 132 Å². The van der Waals surface area contributed by atoms with Gasteiger partial charge in [0, 0.05) is 24.9 Å². The summed E-state index contributed by atoms with van der Waals surface area (Å²) in [5.74, 6) is 0.0305. The van der Waals surface area contributed by atoms with E-state index in [0.29, 0.717) is 0 Å². The summed E-state index contributed by atoms with van der Waals surface area (Å²) in [6.07, 6.45) is 6.94. The second kappa shape index (κ2) is 10.8. The molecule has 1 aliphatic rings. The fraction of sp³-hybridized carbons (Fsp3) is 0.800. The molecule has 0 aromatic heterocycles. The first-order valence-corrected chi connectivity index (χ1v) is 8.50. The lowest BCUT2D eigenvalue weighted by atomic mass is 9.98. The minimum Gasteiger partial charge on any atom is -0.370 e. The van der Waals surface area contributed by atoms with Crippen molar-refractivity contribution in [3.05, 3.63) is 12.2 Å². The standard InChI is InChI=1S/C15H28O4P2/c1-11(10-16)8-14(19-21)5-6-15-12(2)9-13(18-15)4-3-7-17-20/h10-11,13-15H,2-9,20-21H2,1H3/t11-,13+,14-,15+/m1/s1. The number of carbonyl (C=O) groups is 1. The van der Waals surface area contributed by atoms with E-state index >= 15 is 0 Å². The minimum absolute atomic E-state index is 0.0305. The highest BCUT2D eigenvalue weighted by molar-refractivity contribution is 7.10. The highest BCUT2D eigenvalue weighted by atomic mass is 31.0. The van der Waals surface area contributed by atoms with Crippen LogP contribution < -0.4 is 0 Å². The lowest BCUT2D eigenvalue weighted by molar-refractivity contribution is -0.111. The number of aldehydes is 1. The van der Waals surface area contributed by atoms with Crippen LogP contribution in [0.3, 0.4) is 0 Å². The van der Waals surface area contributed by atoms with Gasteiger partial charge in [-0.1, -0.05) is 13.5 Å². The molecule has 0 bridgehead atoms. The molecule has 1 heterocycles. The van der Waals surface area contributed by atoms with Crippen molar-refractivity contribution >= 4 is 25.2 Å². The summed E-state index contributed by atoms with van der Waals surface area (Å²) in [5, 5.41) is 0. The lowest BCUT2D eigenvalue weighted by Gasteiger charge is -2.19. The van der Waals surface area contributed by atoms with Crippen molar-refractivity contribution in [3.8, 4) is 0 Å². The summed E-state index contributed by atoms with van der Waals surface area (Å²) in [5.41, 5.74) is 1.18. The van der Waals surface area contributed by atoms with Gasteiger partial charge in [-0.25, -0.2) is 0 Å². The second-order valence-electron chi connectivity index (χ2n) is 5.81. The van der Waals surface area contributed by atoms with Crippen molar-refractivity contribution in [3.63, 3.8) is 0 Å². The molecule has 0 aromatic carbocycles. The summed E-state index contributed by atoms with van der Waals surface area (Å²) in [6.45, 7) is 6.79. The molecule has 0 N–H and O–H groups in total. The smallest absolute Gasteiger partial charge is 0.122 e. The van der Waals surface area contributed by atoms with E-state index in [1.165, 1.54) is 5.57 Å². The van der Waals surface area contributed by atoms with Gasteiger partial charge in [0.25, 0.3) is 0 Å². The molecule has 0 aromatic rings. The van der Waals surface area contributed by atoms with Crippen LogP contribution in [0.4, 0.5) is 0 Å². The SMILES string of the molecule is C=C1C[C@H](CCCOP)O[C@H]1CC[C@H](C[C@@H](C)C=O)OP. The van der Waals surface area contributed by atoms with Crippen molar-refractivity contribution in [1.82, 2.24) is 0 Å². The summed E-state index contributed by atoms with van der Waals surface area (Å²) in [6, 6.07) is 0.